The van der Waals surface area contributed by atoms with Crippen molar-refractivity contribution in [2.75, 3.05) is 10.2 Å². The lowest BCUT2D eigenvalue weighted by Crippen LogP contribution is -2.31. The van der Waals surface area contributed by atoms with Crippen LogP contribution in [-0.2, 0) is 4.79 Å². The van der Waals surface area contributed by atoms with E-state index in [4.69, 9.17) is 11.6 Å². The first-order valence-electron chi connectivity index (χ1n) is 6.67. The number of para-hydroxylation sites is 1. The van der Waals surface area contributed by atoms with Crippen molar-refractivity contribution < 1.29 is 9.59 Å². The molecule has 1 atom stereocenters. The highest BCUT2D eigenvalue weighted by molar-refractivity contribution is 9.10. The van der Waals surface area contributed by atoms with Gasteiger partial charge in [0.05, 0.1) is 27.5 Å². The van der Waals surface area contributed by atoms with E-state index < -0.39 is 4.83 Å². The van der Waals surface area contributed by atoms with Gasteiger partial charge in [0.1, 0.15) is 0 Å². The van der Waals surface area contributed by atoms with E-state index >= 15 is 0 Å². The number of nitrogens with one attached hydrogen (secondary N) is 1. The minimum absolute atomic E-state index is 0.160. The molecule has 0 saturated heterocycles. The van der Waals surface area contributed by atoms with Crippen molar-refractivity contribution in [1.82, 2.24) is 0 Å². The highest BCUT2D eigenvalue weighted by Crippen LogP contribution is 2.39. The number of anilines is 3. The molecule has 1 unspecified atom stereocenters. The van der Waals surface area contributed by atoms with Gasteiger partial charge in [0.25, 0.3) is 5.91 Å². The summed E-state index contributed by atoms with van der Waals surface area (Å²) < 4.78 is 0. The molecule has 0 saturated carbocycles. The number of amides is 2. The first-order chi connectivity index (χ1) is 10.5. The van der Waals surface area contributed by atoms with Crippen molar-refractivity contribution in [2.24, 2.45) is 0 Å². The van der Waals surface area contributed by atoms with E-state index in [9.17, 15) is 9.59 Å². The van der Waals surface area contributed by atoms with E-state index in [1.807, 2.05) is 0 Å². The highest BCUT2D eigenvalue weighted by Gasteiger charge is 2.30. The van der Waals surface area contributed by atoms with Crippen molar-refractivity contribution in [3.8, 4) is 0 Å². The monoisotopic (exact) mass is 378 g/mol. The Kier molecular flexibility index (Phi) is 3.93. The molecular formula is C16H12BrClN2O2. The Morgan fingerprint density at radius 3 is 2.68 bits per heavy atom. The summed E-state index contributed by atoms with van der Waals surface area (Å²) in [5, 5.41) is 3.30. The molecule has 4 nitrogen and oxygen atoms in total. The maximum Gasteiger partial charge on any atom is 0.257 e. The minimum atomic E-state index is -0.391. The number of carbonyl (C=O) groups excluding carboxylic acids is 2. The molecule has 6 heteroatoms. The van der Waals surface area contributed by atoms with Gasteiger partial charge in [0, 0.05) is 5.02 Å². The highest BCUT2D eigenvalue weighted by atomic mass is 79.9. The maximum absolute atomic E-state index is 12.7. The van der Waals surface area contributed by atoms with Gasteiger partial charge in [-0.25, -0.2) is 0 Å². The van der Waals surface area contributed by atoms with Gasteiger partial charge in [-0.05, 0) is 37.3 Å². The quantitative estimate of drug-likeness (QED) is 0.749. The summed E-state index contributed by atoms with van der Waals surface area (Å²) in [7, 11) is 0. The second-order valence-electron chi connectivity index (χ2n) is 4.92. The summed E-state index contributed by atoms with van der Waals surface area (Å²) in [6.45, 7) is 1.75. The third-order valence-electron chi connectivity index (χ3n) is 3.40. The van der Waals surface area contributed by atoms with E-state index in [-0.39, 0.29) is 11.8 Å². The number of halogens is 2. The summed E-state index contributed by atoms with van der Waals surface area (Å²) >= 11 is 9.33. The molecule has 1 aliphatic rings. The molecule has 1 aliphatic heterocycles. The van der Waals surface area contributed by atoms with Crippen molar-refractivity contribution in [2.45, 2.75) is 11.8 Å². The summed E-state index contributed by atoms with van der Waals surface area (Å²) in [4.78, 5) is 26.2. The lowest BCUT2D eigenvalue weighted by Gasteiger charge is -2.25. The van der Waals surface area contributed by atoms with Crippen LogP contribution in [0.4, 0.5) is 17.1 Å². The lowest BCUT2D eigenvalue weighted by atomic mass is 10.1. The van der Waals surface area contributed by atoms with Crippen LogP contribution in [0.1, 0.15) is 17.3 Å². The fourth-order valence-electron chi connectivity index (χ4n) is 2.40. The number of hydrogen-bond acceptors (Lipinski definition) is 2. The van der Waals surface area contributed by atoms with E-state index in [0.717, 1.165) is 0 Å². The molecule has 2 amide bonds. The maximum atomic E-state index is 12.7. The Morgan fingerprint density at radius 1 is 1.23 bits per heavy atom. The number of fused-ring (bicyclic) bond motifs is 2. The number of benzene rings is 2. The van der Waals surface area contributed by atoms with Crippen LogP contribution in [0.15, 0.2) is 42.5 Å². The van der Waals surface area contributed by atoms with Crippen LogP contribution in [0, 0.1) is 0 Å². The fourth-order valence-corrected chi connectivity index (χ4v) is 2.78. The molecule has 1 N–H and O–H groups in total. The lowest BCUT2D eigenvalue weighted by molar-refractivity contribution is -0.117. The molecule has 1 heterocycles. The van der Waals surface area contributed by atoms with E-state index in [1.165, 1.54) is 4.90 Å². The molecule has 0 aromatic heterocycles. The number of hydrogen-bond donors (Lipinski definition) is 1. The number of alkyl halides is 1. The third kappa shape index (κ3) is 2.51. The first-order valence-corrected chi connectivity index (χ1v) is 7.96. The summed E-state index contributed by atoms with van der Waals surface area (Å²) in [5.74, 6) is -0.427. The topological polar surface area (TPSA) is 49.4 Å². The van der Waals surface area contributed by atoms with Gasteiger partial charge in [-0.2, -0.15) is 0 Å². The second-order valence-corrected chi connectivity index (χ2v) is 6.73. The summed E-state index contributed by atoms with van der Waals surface area (Å²) in [5.41, 5.74) is 2.10. The molecule has 2 aromatic rings. The van der Waals surface area contributed by atoms with Crippen LogP contribution >= 0.6 is 27.5 Å². The van der Waals surface area contributed by atoms with E-state index in [2.05, 4.69) is 21.2 Å². The van der Waals surface area contributed by atoms with Gasteiger partial charge in [0.15, 0.2) is 0 Å². The first kappa shape index (κ1) is 15.1. The molecule has 0 fully saturated rings. The number of rotatable bonds is 1. The molecular weight excluding hydrogens is 368 g/mol. The van der Waals surface area contributed by atoms with Crippen molar-refractivity contribution in [1.29, 1.82) is 0 Å². The zero-order chi connectivity index (χ0) is 15.9. The molecule has 3 rings (SSSR count). The molecule has 2 aromatic carbocycles. The normalized spacial score (nSPS) is 14.5. The van der Waals surface area contributed by atoms with Crippen molar-refractivity contribution in [3.05, 3.63) is 53.1 Å². The van der Waals surface area contributed by atoms with Crippen molar-refractivity contribution >= 4 is 56.4 Å². The Bertz CT molecular complexity index is 776. The minimum Gasteiger partial charge on any atom is -0.320 e. The molecule has 0 spiro atoms. The average Bonchev–Trinajstić information content (AvgIpc) is 2.60. The van der Waals surface area contributed by atoms with E-state index in [1.54, 1.807) is 49.4 Å². The molecule has 0 bridgehead atoms. The zero-order valence-electron chi connectivity index (χ0n) is 11.6. The second kappa shape index (κ2) is 5.74. The average molecular weight is 380 g/mol. The third-order valence-corrected chi connectivity index (χ3v) is 4.02. The molecule has 0 aliphatic carbocycles. The van der Waals surface area contributed by atoms with Crippen LogP contribution < -0.4 is 10.2 Å². The van der Waals surface area contributed by atoms with Crippen LogP contribution in [0.2, 0.25) is 5.02 Å². The molecule has 0 radical (unpaired) electrons. The van der Waals surface area contributed by atoms with Crippen LogP contribution in [-0.4, -0.2) is 16.6 Å². The Hall–Kier alpha value is -1.85. The number of carbonyl (C=O) groups is 2. The zero-order valence-corrected chi connectivity index (χ0v) is 14.0. The van der Waals surface area contributed by atoms with E-state index in [0.29, 0.717) is 27.6 Å². The Labute approximate surface area is 141 Å². The van der Waals surface area contributed by atoms with Gasteiger partial charge in [0.2, 0.25) is 5.91 Å². The largest absolute Gasteiger partial charge is 0.320 e. The van der Waals surface area contributed by atoms with Crippen molar-refractivity contribution in [3.63, 3.8) is 0 Å². The molecule has 112 valence electrons. The SMILES string of the molecule is CC(Br)C(=O)N1c2ccc(Cl)cc2NC(=O)c2ccccc21. The predicted molar refractivity (Wildman–Crippen MR) is 91.4 cm³/mol. The fraction of sp³-hybridized carbons (Fsp3) is 0.125. The predicted octanol–water partition coefficient (Wildman–Crippen LogP) is 4.35. The van der Waals surface area contributed by atoms with Gasteiger partial charge < -0.3 is 5.32 Å². The van der Waals surface area contributed by atoms with Gasteiger partial charge in [-0.3, -0.25) is 14.5 Å². The van der Waals surface area contributed by atoms with Crippen LogP contribution in [0.5, 0.6) is 0 Å². The van der Waals surface area contributed by atoms with Gasteiger partial charge in [-0.1, -0.05) is 39.7 Å². The van der Waals surface area contributed by atoms with Crippen LogP contribution in [0.25, 0.3) is 0 Å². The summed E-state index contributed by atoms with van der Waals surface area (Å²) in [6, 6.07) is 12.1. The Balaban J connectivity index is 2.29. The molecule has 22 heavy (non-hydrogen) atoms. The Morgan fingerprint density at radius 2 is 1.95 bits per heavy atom. The standard InChI is InChI=1S/C16H12BrClN2O2/c1-9(17)16(22)20-13-5-3-2-4-11(13)15(21)19-12-8-10(18)6-7-14(12)20/h2-9H,1H3,(H,19,21). The van der Waals surface area contributed by atoms with Crippen LogP contribution in [0.3, 0.4) is 0 Å². The smallest absolute Gasteiger partial charge is 0.257 e. The van der Waals surface area contributed by atoms with Gasteiger partial charge in [-0.15, -0.1) is 0 Å². The van der Waals surface area contributed by atoms with Gasteiger partial charge >= 0.3 is 0 Å². The number of nitrogens with zero attached hydrogens (tertiary/aromatic N) is 1. The summed E-state index contributed by atoms with van der Waals surface area (Å²) in [6.07, 6.45) is 0.